The molecule has 0 spiro atoms. The molecule has 0 saturated heterocycles. The number of carbonyl (C=O) groups excluding carboxylic acids is 1. The SMILES string of the molecule is COc1cccc(/C=C/C(=O)OCc2cc(-c3ccccc3)on2)c1OC(F)F. The molecule has 0 fully saturated rings. The molecular formula is C21H17F2NO5. The van der Waals surface area contributed by atoms with Crippen LogP contribution in [0.5, 0.6) is 11.5 Å². The van der Waals surface area contributed by atoms with Crippen molar-refractivity contribution in [1.29, 1.82) is 0 Å². The molecule has 150 valence electrons. The normalized spacial score (nSPS) is 11.0. The molecule has 0 aliphatic rings. The molecule has 3 aromatic rings. The van der Waals surface area contributed by atoms with Crippen molar-refractivity contribution >= 4 is 12.0 Å². The van der Waals surface area contributed by atoms with Gasteiger partial charge in [0.15, 0.2) is 17.3 Å². The average molecular weight is 401 g/mol. The average Bonchev–Trinajstić information content (AvgIpc) is 3.21. The van der Waals surface area contributed by atoms with Crippen molar-refractivity contribution in [3.05, 3.63) is 71.9 Å². The van der Waals surface area contributed by atoms with Crippen molar-refractivity contribution < 1.29 is 32.3 Å². The van der Waals surface area contributed by atoms with E-state index >= 15 is 0 Å². The van der Waals surface area contributed by atoms with Gasteiger partial charge in [-0.2, -0.15) is 8.78 Å². The predicted octanol–water partition coefficient (Wildman–Crippen LogP) is 4.71. The lowest BCUT2D eigenvalue weighted by molar-refractivity contribution is -0.139. The Kier molecular flexibility index (Phi) is 6.57. The maximum atomic E-state index is 12.6. The molecule has 1 aromatic heterocycles. The van der Waals surface area contributed by atoms with E-state index in [1.165, 1.54) is 25.3 Å². The van der Waals surface area contributed by atoms with E-state index in [0.717, 1.165) is 11.6 Å². The van der Waals surface area contributed by atoms with Gasteiger partial charge < -0.3 is 18.7 Å². The molecule has 0 aliphatic heterocycles. The maximum Gasteiger partial charge on any atom is 0.387 e. The summed E-state index contributed by atoms with van der Waals surface area (Å²) in [6, 6.07) is 15.6. The van der Waals surface area contributed by atoms with E-state index in [4.69, 9.17) is 14.0 Å². The zero-order chi connectivity index (χ0) is 20.6. The van der Waals surface area contributed by atoms with Crippen LogP contribution >= 0.6 is 0 Å². The first kappa shape index (κ1) is 20.1. The molecule has 0 amide bonds. The summed E-state index contributed by atoms with van der Waals surface area (Å²) in [5, 5.41) is 3.86. The minimum atomic E-state index is -3.03. The van der Waals surface area contributed by atoms with Gasteiger partial charge in [0.25, 0.3) is 0 Å². The minimum Gasteiger partial charge on any atom is -0.493 e. The quantitative estimate of drug-likeness (QED) is 0.402. The fourth-order valence-corrected chi connectivity index (χ4v) is 2.51. The molecule has 0 radical (unpaired) electrons. The van der Waals surface area contributed by atoms with E-state index in [1.54, 1.807) is 12.1 Å². The lowest BCUT2D eigenvalue weighted by Crippen LogP contribution is -2.05. The van der Waals surface area contributed by atoms with Crippen molar-refractivity contribution in [2.45, 2.75) is 13.2 Å². The Morgan fingerprint density at radius 3 is 2.69 bits per heavy atom. The molecule has 0 atom stereocenters. The van der Waals surface area contributed by atoms with Gasteiger partial charge in [0.2, 0.25) is 0 Å². The van der Waals surface area contributed by atoms with E-state index in [1.807, 2.05) is 30.3 Å². The molecule has 29 heavy (non-hydrogen) atoms. The van der Waals surface area contributed by atoms with Gasteiger partial charge in [0.1, 0.15) is 12.3 Å². The largest absolute Gasteiger partial charge is 0.493 e. The summed E-state index contributed by atoms with van der Waals surface area (Å²) in [6.07, 6.45) is 2.41. The molecule has 8 heteroatoms. The number of halogens is 2. The van der Waals surface area contributed by atoms with Crippen LogP contribution in [0.25, 0.3) is 17.4 Å². The van der Waals surface area contributed by atoms with Crippen molar-refractivity contribution in [2.75, 3.05) is 7.11 Å². The highest BCUT2D eigenvalue weighted by Crippen LogP contribution is 2.33. The van der Waals surface area contributed by atoms with Crippen molar-refractivity contribution in [3.63, 3.8) is 0 Å². The number of nitrogens with zero attached hydrogens (tertiary/aromatic N) is 1. The van der Waals surface area contributed by atoms with Crippen molar-refractivity contribution in [1.82, 2.24) is 5.16 Å². The van der Waals surface area contributed by atoms with Crippen LogP contribution in [-0.2, 0) is 16.1 Å². The van der Waals surface area contributed by atoms with Gasteiger partial charge in [0, 0.05) is 23.3 Å². The van der Waals surface area contributed by atoms with Crippen LogP contribution in [0.1, 0.15) is 11.3 Å². The van der Waals surface area contributed by atoms with Crippen LogP contribution < -0.4 is 9.47 Å². The molecule has 0 N–H and O–H groups in total. The Balaban J connectivity index is 1.63. The van der Waals surface area contributed by atoms with Gasteiger partial charge in [-0.15, -0.1) is 0 Å². The van der Waals surface area contributed by atoms with E-state index < -0.39 is 12.6 Å². The van der Waals surface area contributed by atoms with Gasteiger partial charge in [-0.05, 0) is 12.1 Å². The highest BCUT2D eigenvalue weighted by molar-refractivity contribution is 5.87. The lowest BCUT2D eigenvalue weighted by atomic mass is 10.1. The molecule has 0 saturated carbocycles. The third kappa shape index (κ3) is 5.41. The molecular weight excluding hydrogens is 384 g/mol. The highest BCUT2D eigenvalue weighted by atomic mass is 19.3. The summed E-state index contributed by atoms with van der Waals surface area (Å²) in [4.78, 5) is 12.0. The summed E-state index contributed by atoms with van der Waals surface area (Å²) in [7, 11) is 1.33. The standard InChI is InChI=1S/C21H17F2NO5/c1-26-17-9-5-8-15(20(17)28-21(22)23)10-11-19(25)27-13-16-12-18(29-24-16)14-6-3-2-4-7-14/h2-12,21H,13H2,1H3/b11-10+. The van der Waals surface area contributed by atoms with Gasteiger partial charge in [-0.1, -0.05) is 47.6 Å². The molecule has 0 unspecified atom stereocenters. The molecule has 6 nitrogen and oxygen atoms in total. The fourth-order valence-electron chi connectivity index (χ4n) is 2.51. The number of rotatable bonds is 8. The maximum absolute atomic E-state index is 12.6. The summed E-state index contributed by atoms with van der Waals surface area (Å²) >= 11 is 0. The number of alkyl halides is 2. The Bertz CT molecular complexity index is 986. The Morgan fingerprint density at radius 1 is 1.17 bits per heavy atom. The van der Waals surface area contributed by atoms with E-state index in [9.17, 15) is 13.6 Å². The van der Waals surface area contributed by atoms with Gasteiger partial charge in [-0.3, -0.25) is 0 Å². The second kappa shape index (κ2) is 9.50. The molecule has 0 aliphatic carbocycles. The summed E-state index contributed by atoms with van der Waals surface area (Å²) < 4.78 is 45.1. The molecule has 1 heterocycles. The third-order valence-electron chi connectivity index (χ3n) is 3.81. The minimum absolute atomic E-state index is 0.0992. The topological polar surface area (TPSA) is 70.8 Å². The predicted molar refractivity (Wildman–Crippen MR) is 100 cm³/mol. The zero-order valence-electron chi connectivity index (χ0n) is 15.4. The van der Waals surface area contributed by atoms with Crippen LogP contribution in [0.15, 0.2) is 65.2 Å². The first-order valence-electron chi connectivity index (χ1n) is 8.54. The molecule has 3 rings (SSSR count). The smallest absolute Gasteiger partial charge is 0.387 e. The van der Waals surface area contributed by atoms with E-state index in [-0.39, 0.29) is 23.7 Å². The van der Waals surface area contributed by atoms with Gasteiger partial charge in [-0.25, -0.2) is 4.79 Å². The van der Waals surface area contributed by atoms with Crippen LogP contribution in [0.3, 0.4) is 0 Å². The second-order valence-corrected chi connectivity index (χ2v) is 5.75. The number of aromatic nitrogens is 1. The molecule has 0 bridgehead atoms. The Labute approximate surface area is 165 Å². The third-order valence-corrected chi connectivity index (χ3v) is 3.81. The number of methoxy groups -OCH3 is 1. The fraction of sp³-hybridized carbons (Fsp3) is 0.143. The Hall–Kier alpha value is -3.68. The zero-order valence-corrected chi connectivity index (χ0v) is 15.4. The second-order valence-electron chi connectivity index (χ2n) is 5.75. The van der Waals surface area contributed by atoms with Gasteiger partial charge >= 0.3 is 12.6 Å². The van der Waals surface area contributed by atoms with E-state index in [0.29, 0.717) is 11.5 Å². The molecule has 2 aromatic carbocycles. The van der Waals surface area contributed by atoms with Crippen LogP contribution in [0, 0.1) is 0 Å². The van der Waals surface area contributed by atoms with Crippen LogP contribution in [-0.4, -0.2) is 24.8 Å². The first-order valence-corrected chi connectivity index (χ1v) is 8.54. The van der Waals surface area contributed by atoms with E-state index in [2.05, 4.69) is 9.89 Å². The number of ether oxygens (including phenoxy) is 3. The summed E-state index contributed by atoms with van der Waals surface area (Å²) in [5.41, 5.74) is 1.53. The van der Waals surface area contributed by atoms with Crippen LogP contribution in [0.2, 0.25) is 0 Å². The number of esters is 1. The van der Waals surface area contributed by atoms with Crippen molar-refractivity contribution in [3.8, 4) is 22.8 Å². The Morgan fingerprint density at radius 2 is 1.97 bits per heavy atom. The highest BCUT2D eigenvalue weighted by Gasteiger charge is 2.14. The van der Waals surface area contributed by atoms with Crippen LogP contribution in [0.4, 0.5) is 8.78 Å². The van der Waals surface area contributed by atoms with Crippen molar-refractivity contribution in [2.24, 2.45) is 0 Å². The number of carbonyl (C=O) groups is 1. The monoisotopic (exact) mass is 401 g/mol. The first-order chi connectivity index (χ1) is 14.1. The number of hydrogen-bond acceptors (Lipinski definition) is 6. The number of benzene rings is 2. The summed E-state index contributed by atoms with van der Waals surface area (Å²) in [6.45, 7) is -3.13. The lowest BCUT2D eigenvalue weighted by Gasteiger charge is -2.12. The number of para-hydroxylation sites is 1. The number of hydrogen-bond donors (Lipinski definition) is 0. The van der Waals surface area contributed by atoms with Gasteiger partial charge in [0.05, 0.1) is 7.11 Å². The summed E-state index contributed by atoms with van der Waals surface area (Å²) in [5.74, 6) is -0.174.